The standard InChI is InChI=1S/C20H19NO4/c1-3-24-18-8-6-5-7-13(18)11-16-15-10-9-14(20(23)25-4-2)12-17(15)21-19(16)22/h5-12H,3-4H2,1-2H3,(H,21,22)/b16-11-. The van der Waals surface area contributed by atoms with E-state index in [9.17, 15) is 9.59 Å². The first kappa shape index (κ1) is 16.8. The van der Waals surface area contributed by atoms with Crippen LogP contribution in [0.25, 0.3) is 11.6 Å². The SMILES string of the molecule is CCOC(=O)c1ccc2c(c1)NC(=O)/C2=C\c1ccccc1OCC. The third-order valence-corrected chi connectivity index (χ3v) is 3.83. The van der Waals surface area contributed by atoms with Gasteiger partial charge in [0.05, 0.1) is 18.8 Å². The maximum atomic E-state index is 12.4. The Morgan fingerprint density at radius 3 is 2.68 bits per heavy atom. The van der Waals surface area contributed by atoms with Crippen LogP contribution in [0.3, 0.4) is 0 Å². The number of ether oxygens (including phenoxy) is 2. The van der Waals surface area contributed by atoms with E-state index < -0.39 is 5.97 Å². The number of nitrogens with one attached hydrogen (secondary N) is 1. The van der Waals surface area contributed by atoms with E-state index in [0.29, 0.717) is 30.0 Å². The average Bonchev–Trinajstić information content (AvgIpc) is 2.92. The van der Waals surface area contributed by atoms with Gasteiger partial charge in [0, 0.05) is 22.4 Å². The fourth-order valence-corrected chi connectivity index (χ4v) is 2.72. The highest BCUT2D eigenvalue weighted by Gasteiger charge is 2.25. The van der Waals surface area contributed by atoms with Crippen molar-refractivity contribution in [2.45, 2.75) is 13.8 Å². The zero-order chi connectivity index (χ0) is 17.8. The van der Waals surface area contributed by atoms with Crippen LogP contribution in [0.2, 0.25) is 0 Å². The first-order valence-electron chi connectivity index (χ1n) is 8.20. The molecule has 128 valence electrons. The summed E-state index contributed by atoms with van der Waals surface area (Å²) in [5, 5.41) is 2.80. The number of hydrogen-bond acceptors (Lipinski definition) is 4. The van der Waals surface area contributed by atoms with Gasteiger partial charge in [0.2, 0.25) is 0 Å². The largest absolute Gasteiger partial charge is 0.493 e. The summed E-state index contributed by atoms with van der Waals surface area (Å²) >= 11 is 0. The van der Waals surface area contributed by atoms with Crippen molar-refractivity contribution in [3.05, 3.63) is 59.2 Å². The summed E-state index contributed by atoms with van der Waals surface area (Å²) in [6.45, 7) is 4.52. The molecule has 0 aromatic heterocycles. The lowest BCUT2D eigenvalue weighted by atomic mass is 10.0. The fourth-order valence-electron chi connectivity index (χ4n) is 2.72. The highest BCUT2D eigenvalue weighted by Crippen LogP contribution is 2.35. The van der Waals surface area contributed by atoms with E-state index in [0.717, 1.165) is 16.9 Å². The van der Waals surface area contributed by atoms with Crippen molar-refractivity contribution >= 4 is 29.2 Å². The molecule has 0 saturated heterocycles. The lowest BCUT2D eigenvalue weighted by molar-refractivity contribution is -0.110. The van der Waals surface area contributed by atoms with Crippen molar-refractivity contribution in [3.63, 3.8) is 0 Å². The maximum absolute atomic E-state index is 12.4. The second-order valence-corrected chi connectivity index (χ2v) is 5.46. The maximum Gasteiger partial charge on any atom is 0.338 e. The lowest BCUT2D eigenvalue weighted by Crippen LogP contribution is -2.06. The predicted molar refractivity (Wildman–Crippen MR) is 96.5 cm³/mol. The van der Waals surface area contributed by atoms with Crippen LogP contribution < -0.4 is 10.1 Å². The highest BCUT2D eigenvalue weighted by molar-refractivity contribution is 6.35. The summed E-state index contributed by atoms with van der Waals surface area (Å²) in [6, 6.07) is 12.6. The number of benzene rings is 2. The van der Waals surface area contributed by atoms with Gasteiger partial charge in [-0.05, 0) is 38.1 Å². The van der Waals surface area contributed by atoms with Crippen LogP contribution in [-0.4, -0.2) is 25.1 Å². The molecular weight excluding hydrogens is 318 g/mol. The van der Waals surface area contributed by atoms with Gasteiger partial charge in [0.25, 0.3) is 5.91 Å². The number of rotatable bonds is 5. The summed E-state index contributed by atoms with van der Waals surface area (Å²) in [4.78, 5) is 24.2. The van der Waals surface area contributed by atoms with Gasteiger partial charge in [-0.2, -0.15) is 0 Å². The van der Waals surface area contributed by atoms with Crippen molar-refractivity contribution in [2.24, 2.45) is 0 Å². The molecule has 0 radical (unpaired) electrons. The quantitative estimate of drug-likeness (QED) is 0.666. The summed E-state index contributed by atoms with van der Waals surface area (Å²) in [5.41, 5.74) is 3.14. The van der Waals surface area contributed by atoms with E-state index >= 15 is 0 Å². The molecule has 1 N–H and O–H groups in total. The van der Waals surface area contributed by atoms with Gasteiger partial charge in [0.1, 0.15) is 5.75 Å². The van der Waals surface area contributed by atoms with Crippen molar-refractivity contribution in [1.82, 2.24) is 0 Å². The van der Waals surface area contributed by atoms with Crippen molar-refractivity contribution < 1.29 is 19.1 Å². The van der Waals surface area contributed by atoms with Crippen molar-refractivity contribution in [2.75, 3.05) is 18.5 Å². The zero-order valence-electron chi connectivity index (χ0n) is 14.2. The van der Waals surface area contributed by atoms with Gasteiger partial charge >= 0.3 is 5.97 Å². The van der Waals surface area contributed by atoms with Crippen LogP contribution >= 0.6 is 0 Å². The molecule has 0 atom stereocenters. The molecule has 1 aliphatic rings. The Balaban J connectivity index is 1.99. The minimum atomic E-state index is -0.404. The van der Waals surface area contributed by atoms with E-state index in [-0.39, 0.29) is 5.91 Å². The Hall–Kier alpha value is -3.08. The van der Waals surface area contributed by atoms with Crippen molar-refractivity contribution in [1.29, 1.82) is 0 Å². The Kier molecular flexibility index (Phi) is 4.84. The molecule has 5 heteroatoms. The molecule has 3 rings (SSSR count). The second-order valence-electron chi connectivity index (χ2n) is 5.46. The minimum Gasteiger partial charge on any atom is -0.493 e. The van der Waals surface area contributed by atoms with Crippen LogP contribution in [0.1, 0.15) is 35.3 Å². The average molecular weight is 337 g/mol. The molecule has 2 aromatic carbocycles. The van der Waals surface area contributed by atoms with Crippen LogP contribution in [0.4, 0.5) is 5.69 Å². The summed E-state index contributed by atoms with van der Waals surface area (Å²) in [7, 11) is 0. The molecule has 5 nitrogen and oxygen atoms in total. The topological polar surface area (TPSA) is 64.6 Å². The molecule has 25 heavy (non-hydrogen) atoms. The van der Waals surface area contributed by atoms with Crippen LogP contribution in [0.5, 0.6) is 5.75 Å². The number of carbonyl (C=O) groups excluding carboxylic acids is 2. The van der Waals surface area contributed by atoms with E-state index in [1.807, 2.05) is 31.2 Å². The van der Waals surface area contributed by atoms with Gasteiger partial charge in [-0.1, -0.05) is 24.3 Å². The van der Waals surface area contributed by atoms with E-state index in [2.05, 4.69) is 5.32 Å². The molecule has 1 amide bonds. The fraction of sp³-hybridized carbons (Fsp3) is 0.200. The normalized spacial score (nSPS) is 14.2. The van der Waals surface area contributed by atoms with E-state index in [1.165, 1.54) is 0 Å². The predicted octanol–water partition coefficient (Wildman–Crippen LogP) is 3.75. The molecule has 0 saturated carbocycles. The van der Waals surface area contributed by atoms with Crippen molar-refractivity contribution in [3.8, 4) is 5.75 Å². The van der Waals surface area contributed by atoms with E-state index in [4.69, 9.17) is 9.47 Å². The summed E-state index contributed by atoms with van der Waals surface area (Å²) < 4.78 is 10.6. The van der Waals surface area contributed by atoms with Crippen LogP contribution in [0.15, 0.2) is 42.5 Å². The summed E-state index contributed by atoms with van der Waals surface area (Å²) in [5.74, 6) is 0.114. The number of amides is 1. The van der Waals surface area contributed by atoms with Gasteiger partial charge in [-0.25, -0.2) is 4.79 Å². The number of carbonyl (C=O) groups is 2. The number of anilines is 1. The number of para-hydroxylation sites is 1. The number of fused-ring (bicyclic) bond motifs is 1. The minimum absolute atomic E-state index is 0.206. The third-order valence-electron chi connectivity index (χ3n) is 3.83. The molecule has 2 aromatic rings. The van der Waals surface area contributed by atoms with Crippen LogP contribution in [-0.2, 0) is 9.53 Å². The monoisotopic (exact) mass is 337 g/mol. The number of hydrogen-bond donors (Lipinski definition) is 1. The second kappa shape index (κ2) is 7.21. The van der Waals surface area contributed by atoms with Gasteiger partial charge in [-0.15, -0.1) is 0 Å². The Morgan fingerprint density at radius 2 is 1.92 bits per heavy atom. The summed E-state index contributed by atoms with van der Waals surface area (Å²) in [6.07, 6.45) is 1.80. The van der Waals surface area contributed by atoms with Crippen LogP contribution in [0, 0.1) is 0 Å². The molecular formula is C20H19NO4. The first-order chi connectivity index (χ1) is 12.1. The highest BCUT2D eigenvalue weighted by atomic mass is 16.5. The molecule has 0 unspecified atom stereocenters. The van der Waals surface area contributed by atoms with E-state index in [1.54, 1.807) is 31.2 Å². The van der Waals surface area contributed by atoms with Gasteiger partial charge in [-0.3, -0.25) is 4.79 Å². The molecule has 0 spiro atoms. The molecule has 0 fully saturated rings. The third kappa shape index (κ3) is 3.40. The number of esters is 1. The molecule has 0 bridgehead atoms. The molecule has 1 aliphatic heterocycles. The lowest BCUT2D eigenvalue weighted by Gasteiger charge is -2.07. The molecule has 1 heterocycles. The zero-order valence-corrected chi connectivity index (χ0v) is 14.2. The Bertz CT molecular complexity index is 855. The Labute approximate surface area is 146 Å². The van der Waals surface area contributed by atoms with Gasteiger partial charge in [0.15, 0.2) is 0 Å². The molecule has 0 aliphatic carbocycles. The Morgan fingerprint density at radius 1 is 1.12 bits per heavy atom. The first-order valence-corrected chi connectivity index (χ1v) is 8.20. The smallest absolute Gasteiger partial charge is 0.338 e. The van der Waals surface area contributed by atoms with Gasteiger partial charge < -0.3 is 14.8 Å².